The lowest BCUT2D eigenvalue weighted by Gasteiger charge is -2.19. The summed E-state index contributed by atoms with van der Waals surface area (Å²) >= 11 is 0. The Kier molecular flexibility index (Phi) is 6.04. The normalized spacial score (nSPS) is 12.0. The van der Waals surface area contributed by atoms with Crippen LogP contribution in [0.2, 0.25) is 0 Å². The number of carbonyl (C=O) groups excluding carboxylic acids is 2. The molecule has 0 aliphatic carbocycles. The highest BCUT2D eigenvalue weighted by Crippen LogP contribution is 2.23. The average molecular weight is 360 g/mol. The van der Waals surface area contributed by atoms with Crippen LogP contribution in [-0.4, -0.2) is 37.7 Å². The first-order chi connectivity index (χ1) is 10.9. The molecule has 0 aliphatic heterocycles. The van der Waals surface area contributed by atoms with Crippen LogP contribution in [0.25, 0.3) is 0 Å². The van der Waals surface area contributed by atoms with Gasteiger partial charge in [-0.3, -0.25) is 0 Å². The molecular formula is C13H10F6O5. The van der Waals surface area contributed by atoms with Crippen LogP contribution in [0, 0.1) is 0 Å². The summed E-state index contributed by atoms with van der Waals surface area (Å²) in [5.41, 5.74) is 0.144. The van der Waals surface area contributed by atoms with E-state index in [0.717, 1.165) is 0 Å². The Balaban J connectivity index is 2.90. The second kappa shape index (κ2) is 7.41. The van der Waals surface area contributed by atoms with Gasteiger partial charge in [0, 0.05) is 6.42 Å². The smallest absolute Gasteiger partial charge is 0.491 e. The first kappa shape index (κ1) is 19.6. The standard InChI is InChI=1S/C13H10F6O5/c1-22-8-4-2-7(3-5-8)6-9(23-10(20)12(14,15)16)24-11(21)13(17,18)19/h2-5,9H,6H2,1H3. The van der Waals surface area contributed by atoms with Crippen LogP contribution in [-0.2, 0) is 25.5 Å². The van der Waals surface area contributed by atoms with Crippen molar-refractivity contribution in [1.82, 2.24) is 0 Å². The minimum absolute atomic E-state index is 0.144. The van der Waals surface area contributed by atoms with Crippen molar-refractivity contribution in [3.63, 3.8) is 0 Å². The van der Waals surface area contributed by atoms with Crippen LogP contribution in [0.1, 0.15) is 5.56 Å². The molecule has 24 heavy (non-hydrogen) atoms. The van der Waals surface area contributed by atoms with E-state index in [0.29, 0.717) is 5.75 Å². The summed E-state index contributed by atoms with van der Waals surface area (Å²) in [5.74, 6) is -5.19. The summed E-state index contributed by atoms with van der Waals surface area (Å²) in [5, 5.41) is 0. The van der Waals surface area contributed by atoms with Crippen LogP contribution in [0.4, 0.5) is 26.3 Å². The molecule has 0 aromatic heterocycles. The zero-order chi connectivity index (χ0) is 18.5. The number of benzene rings is 1. The maximum atomic E-state index is 12.2. The quantitative estimate of drug-likeness (QED) is 0.459. The lowest BCUT2D eigenvalue weighted by Crippen LogP contribution is -2.37. The highest BCUT2D eigenvalue weighted by Gasteiger charge is 2.46. The van der Waals surface area contributed by atoms with E-state index in [1.165, 1.54) is 31.4 Å². The molecule has 0 atom stereocenters. The minimum atomic E-state index is -5.46. The van der Waals surface area contributed by atoms with Gasteiger partial charge in [0.1, 0.15) is 5.75 Å². The van der Waals surface area contributed by atoms with Gasteiger partial charge >= 0.3 is 24.3 Å². The van der Waals surface area contributed by atoms with Gasteiger partial charge in [-0.05, 0) is 17.7 Å². The molecule has 0 saturated carbocycles. The fraction of sp³-hybridized carbons (Fsp3) is 0.385. The molecule has 0 radical (unpaired) electrons. The molecular weight excluding hydrogens is 350 g/mol. The Morgan fingerprint density at radius 3 is 1.67 bits per heavy atom. The first-order valence-corrected chi connectivity index (χ1v) is 6.12. The van der Waals surface area contributed by atoms with Crippen LogP contribution in [0.3, 0.4) is 0 Å². The van der Waals surface area contributed by atoms with Crippen molar-refractivity contribution < 1.29 is 50.1 Å². The number of carbonyl (C=O) groups is 2. The molecule has 1 aromatic rings. The van der Waals surface area contributed by atoms with Gasteiger partial charge in [-0.1, -0.05) is 12.1 Å². The Labute approximate surface area is 131 Å². The summed E-state index contributed by atoms with van der Waals surface area (Å²) in [4.78, 5) is 21.5. The van der Waals surface area contributed by atoms with E-state index >= 15 is 0 Å². The molecule has 11 heteroatoms. The van der Waals surface area contributed by atoms with Crippen molar-refractivity contribution in [2.24, 2.45) is 0 Å². The predicted octanol–water partition coefficient (Wildman–Crippen LogP) is 2.77. The number of hydrogen-bond acceptors (Lipinski definition) is 5. The van der Waals surface area contributed by atoms with E-state index < -0.39 is 37.0 Å². The molecule has 0 amide bonds. The van der Waals surface area contributed by atoms with Gasteiger partial charge in [0.25, 0.3) is 6.29 Å². The minimum Gasteiger partial charge on any atom is -0.497 e. The summed E-state index contributed by atoms with van der Waals surface area (Å²) in [6, 6.07) is 5.30. The van der Waals surface area contributed by atoms with Gasteiger partial charge in [-0.2, -0.15) is 26.3 Å². The van der Waals surface area contributed by atoms with Crippen molar-refractivity contribution >= 4 is 11.9 Å². The maximum Gasteiger partial charge on any atom is 0.491 e. The third-order valence-corrected chi connectivity index (χ3v) is 2.50. The van der Waals surface area contributed by atoms with Crippen LogP contribution in [0.5, 0.6) is 5.75 Å². The number of methoxy groups -OCH3 is 1. The van der Waals surface area contributed by atoms with E-state index in [4.69, 9.17) is 4.74 Å². The second-order valence-corrected chi connectivity index (χ2v) is 4.29. The highest BCUT2D eigenvalue weighted by molar-refractivity contribution is 5.77. The molecule has 1 aromatic carbocycles. The second-order valence-electron chi connectivity index (χ2n) is 4.29. The Hall–Kier alpha value is -2.46. The molecule has 134 valence electrons. The third-order valence-electron chi connectivity index (χ3n) is 2.50. The lowest BCUT2D eigenvalue weighted by molar-refractivity contribution is -0.240. The van der Waals surface area contributed by atoms with Gasteiger partial charge in [-0.15, -0.1) is 0 Å². The number of ether oxygens (including phenoxy) is 3. The van der Waals surface area contributed by atoms with E-state index in [-0.39, 0.29) is 5.56 Å². The van der Waals surface area contributed by atoms with Crippen molar-refractivity contribution in [1.29, 1.82) is 0 Å². The topological polar surface area (TPSA) is 61.8 Å². The van der Waals surface area contributed by atoms with E-state index in [2.05, 4.69) is 9.47 Å². The summed E-state index contributed by atoms with van der Waals surface area (Å²) < 4.78 is 85.4. The lowest BCUT2D eigenvalue weighted by atomic mass is 10.1. The predicted molar refractivity (Wildman–Crippen MR) is 64.8 cm³/mol. The van der Waals surface area contributed by atoms with Crippen molar-refractivity contribution in [3.05, 3.63) is 29.8 Å². The molecule has 0 heterocycles. The van der Waals surface area contributed by atoms with Crippen LogP contribution < -0.4 is 4.74 Å². The fourth-order valence-corrected chi connectivity index (χ4v) is 1.43. The molecule has 0 unspecified atom stereocenters. The summed E-state index contributed by atoms with van der Waals surface area (Å²) in [6.07, 6.45) is -14.0. The molecule has 0 N–H and O–H groups in total. The van der Waals surface area contributed by atoms with Gasteiger partial charge in [0.05, 0.1) is 7.11 Å². The Morgan fingerprint density at radius 2 is 1.33 bits per heavy atom. The summed E-state index contributed by atoms with van der Waals surface area (Å²) in [7, 11) is 1.34. The van der Waals surface area contributed by atoms with Crippen LogP contribution in [0.15, 0.2) is 24.3 Å². The molecule has 0 saturated heterocycles. The zero-order valence-corrected chi connectivity index (χ0v) is 11.9. The van der Waals surface area contributed by atoms with Crippen molar-refractivity contribution in [2.45, 2.75) is 25.1 Å². The molecule has 0 spiro atoms. The summed E-state index contributed by atoms with van der Waals surface area (Å²) in [6.45, 7) is 0. The van der Waals surface area contributed by atoms with Crippen molar-refractivity contribution in [3.8, 4) is 5.75 Å². The third kappa shape index (κ3) is 5.97. The van der Waals surface area contributed by atoms with Crippen LogP contribution >= 0.6 is 0 Å². The molecule has 0 fully saturated rings. The van der Waals surface area contributed by atoms with E-state index in [9.17, 15) is 35.9 Å². The van der Waals surface area contributed by atoms with E-state index in [1.807, 2.05) is 0 Å². The number of alkyl halides is 6. The highest BCUT2D eigenvalue weighted by atomic mass is 19.4. The Bertz CT molecular complexity index is 550. The largest absolute Gasteiger partial charge is 0.497 e. The van der Waals surface area contributed by atoms with Gasteiger partial charge < -0.3 is 14.2 Å². The molecule has 5 nitrogen and oxygen atoms in total. The van der Waals surface area contributed by atoms with Crippen molar-refractivity contribution in [2.75, 3.05) is 7.11 Å². The fourth-order valence-electron chi connectivity index (χ4n) is 1.43. The maximum absolute atomic E-state index is 12.2. The van der Waals surface area contributed by atoms with Gasteiger partial charge in [-0.25, -0.2) is 9.59 Å². The van der Waals surface area contributed by atoms with Gasteiger partial charge in [0.15, 0.2) is 0 Å². The van der Waals surface area contributed by atoms with E-state index in [1.54, 1.807) is 0 Å². The van der Waals surface area contributed by atoms with Gasteiger partial charge in [0.2, 0.25) is 0 Å². The SMILES string of the molecule is COc1ccc(CC(OC(=O)C(F)(F)F)OC(=O)C(F)(F)F)cc1. The molecule has 1 rings (SSSR count). The number of esters is 2. The average Bonchev–Trinajstić information content (AvgIpc) is 2.45. The number of rotatable bonds is 5. The zero-order valence-electron chi connectivity index (χ0n) is 11.9. The molecule has 0 bridgehead atoms. The monoisotopic (exact) mass is 360 g/mol. The number of hydrogen-bond donors (Lipinski definition) is 0. The number of halogens is 6. The first-order valence-electron chi connectivity index (χ1n) is 6.12. The Morgan fingerprint density at radius 1 is 0.917 bits per heavy atom. The molecule has 0 aliphatic rings.